The van der Waals surface area contributed by atoms with Gasteiger partial charge in [0.25, 0.3) is 0 Å². The van der Waals surface area contributed by atoms with Crippen molar-refractivity contribution >= 4 is 16.6 Å². The lowest BCUT2D eigenvalue weighted by Gasteiger charge is -2.28. The number of nitrogens with zero attached hydrogens (tertiary/aromatic N) is 3. The summed E-state index contributed by atoms with van der Waals surface area (Å²) < 4.78 is 0. The molecule has 0 spiro atoms. The maximum Gasteiger partial charge on any atom is 0.0854 e. The maximum atomic E-state index is 9.44. The molecule has 0 bridgehead atoms. The quantitative estimate of drug-likeness (QED) is 0.935. The topological polar surface area (TPSA) is 39.6 Å². The number of fused-ring (bicyclic) bond motifs is 1. The van der Waals surface area contributed by atoms with Crippen molar-refractivity contribution in [3.63, 3.8) is 0 Å². The Morgan fingerprint density at radius 2 is 2.19 bits per heavy atom. The molecule has 0 saturated carbocycles. The van der Waals surface area contributed by atoms with Crippen LogP contribution >= 0.6 is 0 Å². The van der Waals surface area contributed by atoms with Crippen LogP contribution in [0.2, 0.25) is 0 Å². The Kier molecular flexibility index (Phi) is 4.08. The number of hydrogen-bond acceptors (Lipinski definition) is 4. The molecule has 1 fully saturated rings. The standard InChI is InChI=1S/C17H23N3O/c1-19-9-5-6-14(19)11-20(2)17-10-13(12-21)18-16-8-4-3-7-15(16)17/h3-4,7-8,10,14,21H,5-6,9,11-12H2,1-2H3. The summed E-state index contributed by atoms with van der Waals surface area (Å²) in [5, 5.41) is 10.6. The second-order valence-corrected chi connectivity index (χ2v) is 5.97. The van der Waals surface area contributed by atoms with Crippen LogP contribution in [0.25, 0.3) is 10.9 Å². The summed E-state index contributed by atoms with van der Waals surface area (Å²) in [4.78, 5) is 9.24. The second-order valence-electron chi connectivity index (χ2n) is 5.97. The summed E-state index contributed by atoms with van der Waals surface area (Å²) in [5.41, 5.74) is 2.84. The predicted molar refractivity (Wildman–Crippen MR) is 86.6 cm³/mol. The Hall–Kier alpha value is -1.65. The summed E-state index contributed by atoms with van der Waals surface area (Å²) in [6.07, 6.45) is 2.55. The number of benzene rings is 1. The van der Waals surface area contributed by atoms with Gasteiger partial charge in [0.05, 0.1) is 17.8 Å². The lowest BCUT2D eigenvalue weighted by atomic mass is 10.1. The summed E-state index contributed by atoms with van der Waals surface area (Å²) in [6.45, 7) is 2.18. The van der Waals surface area contributed by atoms with Crippen molar-refractivity contribution < 1.29 is 5.11 Å². The molecule has 112 valence electrons. The van der Waals surface area contributed by atoms with Crippen molar-refractivity contribution in [2.75, 3.05) is 32.1 Å². The number of rotatable bonds is 4. The van der Waals surface area contributed by atoms with Gasteiger partial charge in [-0.25, -0.2) is 0 Å². The van der Waals surface area contributed by atoms with Gasteiger partial charge in [-0.3, -0.25) is 4.98 Å². The molecule has 4 heteroatoms. The third-order valence-electron chi connectivity index (χ3n) is 4.48. The molecule has 1 saturated heterocycles. The molecule has 21 heavy (non-hydrogen) atoms. The van der Waals surface area contributed by atoms with E-state index in [-0.39, 0.29) is 6.61 Å². The highest BCUT2D eigenvalue weighted by Gasteiger charge is 2.23. The Morgan fingerprint density at radius 3 is 2.90 bits per heavy atom. The number of pyridine rings is 1. The van der Waals surface area contributed by atoms with Gasteiger partial charge in [-0.05, 0) is 38.6 Å². The molecule has 1 atom stereocenters. The maximum absolute atomic E-state index is 9.44. The van der Waals surface area contributed by atoms with Gasteiger partial charge in [0, 0.05) is 30.7 Å². The first kappa shape index (κ1) is 14.3. The third-order valence-corrected chi connectivity index (χ3v) is 4.48. The number of hydrogen-bond donors (Lipinski definition) is 1. The number of anilines is 1. The van der Waals surface area contributed by atoms with Crippen LogP contribution in [0, 0.1) is 0 Å². The van der Waals surface area contributed by atoms with Crippen LogP contribution in [0.5, 0.6) is 0 Å². The minimum atomic E-state index is -0.0188. The number of aromatic nitrogens is 1. The second kappa shape index (κ2) is 6.00. The first-order chi connectivity index (χ1) is 10.2. The largest absolute Gasteiger partial charge is 0.390 e. The molecule has 1 aromatic heterocycles. The van der Waals surface area contributed by atoms with Gasteiger partial charge in [0.15, 0.2) is 0 Å². The van der Waals surface area contributed by atoms with E-state index in [9.17, 15) is 5.11 Å². The zero-order chi connectivity index (χ0) is 14.8. The summed E-state index contributed by atoms with van der Waals surface area (Å²) in [7, 11) is 4.34. The van der Waals surface area contributed by atoms with Crippen molar-refractivity contribution in [3.8, 4) is 0 Å². The highest BCUT2D eigenvalue weighted by molar-refractivity contribution is 5.91. The van der Waals surface area contributed by atoms with E-state index in [4.69, 9.17) is 0 Å². The Morgan fingerprint density at radius 1 is 1.38 bits per heavy atom. The molecule has 2 heterocycles. The van der Waals surface area contributed by atoms with E-state index >= 15 is 0 Å². The summed E-state index contributed by atoms with van der Waals surface area (Å²) in [6, 6.07) is 10.8. The van der Waals surface area contributed by atoms with Crippen LogP contribution in [-0.4, -0.2) is 48.2 Å². The Labute approximate surface area is 126 Å². The van der Waals surface area contributed by atoms with Gasteiger partial charge in [-0.15, -0.1) is 0 Å². The fraction of sp³-hybridized carbons (Fsp3) is 0.471. The minimum absolute atomic E-state index is 0.0188. The smallest absolute Gasteiger partial charge is 0.0854 e. The fourth-order valence-corrected chi connectivity index (χ4v) is 3.23. The number of para-hydroxylation sites is 1. The molecule has 3 rings (SSSR count). The highest BCUT2D eigenvalue weighted by Crippen LogP contribution is 2.27. The molecule has 0 radical (unpaired) electrons. The van der Waals surface area contributed by atoms with Crippen LogP contribution < -0.4 is 4.90 Å². The monoisotopic (exact) mass is 285 g/mol. The van der Waals surface area contributed by atoms with E-state index in [1.165, 1.54) is 19.4 Å². The molecule has 1 unspecified atom stereocenters. The normalized spacial score (nSPS) is 19.3. The highest BCUT2D eigenvalue weighted by atomic mass is 16.3. The Bertz CT molecular complexity index is 628. The number of likely N-dealkylation sites (N-methyl/N-ethyl adjacent to an activating group) is 2. The average molecular weight is 285 g/mol. The molecule has 1 aliphatic heterocycles. The van der Waals surface area contributed by atoms with Crippen molar-refractivity contribution in [2.45, 2.75) is 25.5 Å². The number of aliphatic hydroxyl groups is 1. The predicted octanol–water partition coefficient (Wildman–Crippen LogP) is 2.26. The lowest BCUT2D eigenvalue weighted by Crippen LogP contribution is -2.36. The van der Waals surface area contributed by atoms with Crippen LogP contribution in [0.1, 0.15) is 18.5 Å². The van der Waals surface area contributed by atoms with Crippen LogP contribution in [0.15, 0.2) is 30.3 Å². The molecule has 0 amide bonds. The Balaban J connectivity index is 1.94. The van der Waals surface area contributed by atoms with Crippen molar-refractivity contribution in [3.05, 3.63) is 36.0 Å². The van der Waals surface area contributed by atoms with Crippen LogP contribution in [-0.2, 0) is 6.61 Å². The van der Waals surface area contributed by atoms with E-state index in [0.29, 0.717) is 6.04 Å². The first-order valence-corrected chi connectivity index (χ1v) is 7.60. The third kappa shape index (κ3) is 2.87. The van der Waals surface area contributed by atoms with Crippen molar-refractivity contribution in [1.29, 1.82) is 0 Å². The van der Waals surface area contributed by atoms with Gasteiger partial charge in [0.1, 0.15) is 0 Å². The zero-order valence-corrected chi connectivity index (χ0v) is 12.8. The van der Waals surface area contributed by atoms with Gasteiger partial charge in [0.2, 0.25) is 0 Å². The van der Waals surface area contributed by atoms with E-state index in [2.05, 4.69) is 34.9 Å². The van der Waals surface area contributed by atoms with Gasteiger partial charge >= 0.3 is 0 Å². The molecule has 4 nitrogen and oxygen atoms in total. The molecule has 1 aromatic carbocycles. The molecule has 2 aromatic rings. The summed E-state index contributed by atoms with van der Waals surface area (Å²) >= 11 is 0. The van der Waals surface area contributed by atoms with Crippen molar-refractivity contribution in [1.82, 2.24) is 9.88 Å². The fourth-order valence-electron chi connectivity index (χ4n) is 3.23. The molecular weight excluding hydrogens is 262 g/mol. The first-order valence-electron chi connectivity index (χ1n) is 7.60. The number of likely N-dealkylation sites (tertiary alicyclic amines) is 1. The van der Waals surface area contributed by atoms with E-state index in [1.807, 2.05) is 24.3 Å². The summed E-state index contributed by atoms with van der Waals surface area (Å²) in [5.74, 6) is 0. The van der Waals surface area contributed by atoms with E-state index < -0.39 is 0 Å². The SMILES string of the molecule is CN(CC1CCCN1C)c1cc(CO)nc2ccccc12. The van der Waals surface area contributed by atoms with Crippen LogP contribution in [0.4, 0.5) is 5.69 Å². The van der Waals surface area contributed by atoms with Gasteiger partial charge < -0.3 is 14.9 Å². The van der Waals surface area contributed by atoms with Gasteiger partial charge in [-0.1, -0.05) is 18.2 Å². The molecule has 1 aliphatic rings. The molecular formula is C17H23N3O. The molecule has 0 aliphatic carbocycles. The minimum Gasteiger partial charge on any atom is -0.390 e. The zero-order valence-electron chi connectivity index (χ0n) is 12.8. The average Bonchev–Trinajstić information content (AvgIpc) is 2.91. The van der Waals surface area contributed by atoms with E-state index in [0.717, 1.165) is 28.8 Å². The van der Waals surface area contributed by atoms with Crippen molar-refractivity contribution in [2.24, 2.45) is 0 Å². The lowest BCUT2D eigenvalue weighted by molar-refractivity contribution is 0.277. The van der Waals surface area contributed by atoms with Gasteiger partial charge in [-0.2, -0.15) is 0 Å². The van der Waals surface area contributed by atoms with E-state index in [1.54, 1.807) is 0 Å². The molecule has 1 N–H and O–H groups in total. The number of aliphatic hydroxyl groups excluding tert-OH is 1. The van der Waals surface area contributed by atoms with Crippen LogP contribution in [0.3, 0.4) is 0 Å².